The van der Waals surface area contributed by atoms with Gasteiger partial charge in [-0.2, -0.15) is 13.2 Å². The molecule has 0 aliphatic rings. The highest BCUT2D eigenvalue weighted by atomic mass is 19.4. The van der Waals surface area contributed by atoms with E-state index in [-0.39, 0.29) is 24.3 Å². The van der Waals surface area contributed by atoms with Crippen LogP contribution in [0.5, 0.6) is 0 Å². The number of aromatic nitrogens is 1. The molecule has 0 bridgehead atoms. The minimum absolute atomic E-state index is 0.00301. The first-order valence-electron chi connectivity index (χ1n) is 4.45. The highest BCUT2D eigenvalue weighted by Gasteiger charge is 2.30. The Bertz CT molecular complexity index is 414. The lowest BCUT2D eigenvalue weighted by Gasteiger charge is -2.05. The van der Waals surface area contributed by atoms with Crippen LogP contribution in [0.3, 0.4) is 0 Å². The lowest BCUT2D eigenvalue weighted by atomic mass is 10.1. The maximum Gasteiger partial charge on any atom is 0.417 e. The molecule has 1 aromatic rings. The third-order valence-corrected chi connectivity index (χ3v) is 1.87. The number of hydrogen-bond donors (Lipinski definition) is 0. The monoisotopic (exact) mass is 227 g/mol. The molecule has 0 aliphatic carbocycles. The standard InChI is InChI=1S/C11H8F3NO/c1-2-3-4-10(16)9-6-5-8(7-15-9)11(12,13)14/h1,5-7H,3-4H2. The highest BCUT2D eigenvalue weighted by molar-refractivity contribution is 5.94. The largest absolute Gasteiger partial charge is 0.417 e. The average Bonchev–Trinajstić information content (AvgIpc) is 2.25. The van der Waals surface area contributed by atoms with Crippen LogP contribution in [0.15, 0.2) is 18.3 Å². The Morgan fingerprint density at radius 3 is 2.56 bits per heavy atom. The Labute approximate surface area is 90.5 Å². The summed E-state index contributed by atoms with van der Waals surface area (Å²) in [6, 6.07) is 1.89. The SMILES string of the molecule is C#CCCC(=O)c1ccc(C(F)(F)F)cn1. The van der Waals surface area contributed by atoms with Crippen molar-refractivity contribution in [3.8, 4) is 12.3 Å². The van der Waals surface area contributed by atoms with Crippen molar-refractivity contribution in [3.63, 3.8) is 0 Å². The van der Waals surface area contributed by atoms with E-state index in [9.17, 15) is 18.0 Å². The Morgan fingerprint density at radius 1 is 1.44 bits per heavy atom. The molecule has 0 saturated heterocycles. The molecule has 1 aromatic heterocycles. The van der Waals surface area contributed by atoms with Crippen molar-refractivity contribution in [2.45, 2.75) is 19.0 Å². The van der Waals surface area contributed by atoms with Gasteiger partial charge >= 0.3 is 6.18 Å². The molecule has 1 heterocycles. The topological polar surface area (TPSA) is 30.0 Å². The fourth-order valence-electron chi connectivity index (χ4n) is 1.04. The van der Waals surface area contributed by atoms with Crippen LogP contribution < -0.4 is 0 Å². The van der Waals surface area contributed by atoms with Crippen LogP contribution in [0.1, 0.15) is 28.9 Å². The van der Waals surface area contributed by atoms with Gasteiger partial charge in [0.05, 0.1) is 5.56 Å². The molecule has 16 heavy (non-hydrogen) atoms. The summed E-state index contributed by atoms with van der Waals surface area (Å²) in [5.41, 5.74) is -0.871. The number of hydrogen-bond acceptors (Lipinski definition) is 2. The maximum absolute atomic E-state index is 12.2. The first-order valence-corrected chi connectivity index (χ1v) is 4.45. The third kappa shape index (κ3) is 3.09. The van der Waals surface area contributed by atoms with Crippen molar-refractivity contribution in [1.82, 2.24) is 4.98 Å². The number of Topliss-reactive ketones (excluding diaryl/α,β-unsaturated/α-hetero) is 1. The zero-order valence-electron chi connectivity index (χ0n) is 8.21. The quantitative estimate of drug-likeness (QED) is 0.587. The number of pyridine rings is 1. The van der Waals surface area contributed by atoms with Crippen molar-refractivity contribution >= 4 is 5.78 Å². The summed E-state index contributed by atoms with van der Waals surface area (Å²) in [7, 11) is 0. The first-order chi connectivity index (χ1) is 7.45. The van der Waals surface area contributed by atoms with Gasteiger partial charge in [0.15, 0.2) is 5.78 Å². The number of halogens is 3. The minimum atomic E-state index is -4.44. The molecule has 84 valence electrons. The van der Waals surface area contributed by atoms with E-state index in [1.165, 1.54) is 0 Å². The van der Waals surface area contributed by atoms with E-state index >= 15 is 0 Å². The molecular formula is C11H8F3NO. The predicted molar refractivity (Wildman–Crippen MR) is 51.6 cm³/mol. The van der Waals surface area contributed by atoms with E-state index in [0.717, 1.165) is 12.1 Å². The van der Waals surface area contributed by atoms with Crippen LogP contribution in [-0.2, 0) is 6.18 Å². The van der Waals surface area contributed by atoms with Crippen LogP contribution in [0, 0.1) is 12.3 Å². The molecule has 0 radical (unpaired) electrons. The van der Waals surface area contributed by atoms with E-state index in [4.69, 9.17) is 6.42 Å². The zero-order chi connectivity index (χ0) is 12.2. The number of nitrogens with zero attached hydrogens (tertiary/aromatic N) is 1. The molecule has 0 aliphatic heterocycles. The maximum atomic E-state index is 12.2. The molecule has 0 fully saturated rings. The number of alkyl halides is 3. The summed E-state index contributed by atoms with van der Waals surface area (Å²) in [4.78, 5) is 14.8. The lowest BCUT2D eigenvalue weighted by molar-refractivity contribution is -0.137. The van der Waals surface area contributed by atoms with Crippen LogP contribution in [0.25, 0.3) is 0 Å². The first kappa shape index (κ1) is 12.2. The summed E-state index contributed by atoms with van der Waals surface area (Å²) < 4.78 is 36.5. The third-order valence-electron chi connectivity index (χ3n) is 1.87. The van der Waals surface area contributed by atoms with Crippen molar-refractivity contribution in [3.05, 3.63) is 29.6 Å². The van der Waals surface area contributed by atoms with Gasteiger partial charge in [-0.3, -0.25) is 9.78 Å². The molecule has 0 amide bonds. The highest BCUT2D eigenvalue weighted by Crippen LogP contribution is 2.28. The molecular weight excluding hydrogens is 219 g/mol. The second kappa shape index (κ2) is 4.79. The Morgan fingerprint density at radius 2 is 2.12 bits per heavy atom. The molecule has 0 saturated carbocycles. The number of terminal acetylenes is 1. The van der Waals surface area contributed by atoms with Crippen molar-refractivity contribution in [2.24, 2.45) is 0 Å². The van der Waals surface area contributed by atoms with E-state index in [1.807, 2.05) is 0 Å². The molecule has 2 nitrogen and oxygen atoms in total. The fraction of sp³-hybridized carbons (Fsp3) is 0.273. The number of carbonyl (C=O) groups is 1. The van der Waals surface area contributed by atoms with Crippen LogP contribution in [0.2, 0.25) is 0 Å². The average molecular weight is 227 g/mol. The molecule has 0 spiro atoms. The van der Waals surface area contributed by atoms with E-state index in [2.05, 4.69) is 10.9 Å². The molecule has 1 rings (SSSR count). The van der Waals surface area contributed by atoms with Crippen LogP contribution >= 0.6 is 0 Å². The van der Waals surface area contributed by atoms with Gasteiger partial charge in [0.25, 0.3) is 0 Å². The second-order valence-corrected chi connectivity index (χ2v) is 3.06. The Kier molecular flexibility index (Phi) is 3.67. The molecule has 0 unspecified atom stereocenters. The van der Waals surface area contributed by atoms with Crippen molar-refractivity contribution in [1.29, 1.82) is 0 Å². The molecule has 0 atom stereocenters. The van der Waals surface area contributed by atoms with Gasteiger partial charge in [0.2, 0.25) is 0 Å². The zero-order valence-corrected chi connectivity index (χ0v) is 8.21. The van der Waals surface area contributed by atoms with E-state index < -0.39 is 11.7 Å². The summed E-state index contributed by atoms with van der Waals surface area (Å²) in [5, 5.41) is 0. The van der Waals surface area contributed by atoms with Gasteiger partial charge in [0.1, 0.15) is 5.69 Å². The molecule has 5 heteroatoms. The number of rotatable bonds is 3. The summed E-state index contributed by atoms with van der Waals surface area (Å²) in [6.07, 6.45) is 1.51. The number of ketones is 1. The van der Waals surface area contributed by atoms with Gasteiger partial charge in [-0.1, -0.05) is 0 Å². The van der Waals surface area contributed by atoms with Crippen molar-refractivity contribution < 1.29 is 18.0 Å². The van der Waals surface area contributed by atoms with Gasteiger partial charge in [0, 0.05) is 19.0 Å². The fourth-order valence-corrected chi connectivity index (χ4v) is 1.04. The summed E-state index contributed by atoms with van der Waals surface area (Å²) >= 11 is 0. The van der Waals surface area contributed by atoms with E-state index in [1.54, 1.807) is 0 Å². The smallest absolute Gasteiger partial charge is 0.292 e. The molecule has 0 N–H and O–H groups in total. The van der Waals surface area contributed by atoms with Crippen LogP contribution in [0.4, 0.5) is 13.2 Å². The Hall–Kier alpha value is -1.83. The van der Waals surface area contributed by atoms with E-state index in [0.29, 0.717) is 6.20 Å². The Balaban J connectivity index is 2.80. The summed E-state index contributed by atoms with van der Waals surface area (Å²) in [6.45, 7) is 0. The van der Waals surface area contributed by atoms with Crippen molar-refractivity contribution in [2.75, 3.05) is 0 Å². The van der Waals surface area contributed by atoms with Gasteiger partial charge in [-0.15, -0.1) is 12.3 Å². The second-order valence-electron chi connectivity index (χ2n) is 3.06. The normalized spacial score (nSPS) is 10.9. The van der Waals surface area contributed by atoms with Crippen LogP contribution in [-0.4, -0.2) is 10.8 Å². The molecule has 0 aromatic carbocycles. The predicted octanol–water partition coefficient (Wildman–Crippen LogP) is 2.70. The minimum Gasteiger partial charge on any atom is -0.292 e. The van der Waals surface area contributed by atoms with Gasteiger partial charge < -0.3 is 0 Å². The summed E-state index contributed by atoms with van der Waals surface area (Å²) in [5.74, 6) is 1.92. The lowest BCUT2D eigenvalue weighted by Crippen LogP contribution is -2.08. The number of carbonyl (C=O) groups excluding carboxylic acids is 1. The van der Waals surface area contributed by atoms with Gasteiger partial charge in [-0.25, -0.2) is 0 Å². The van der Waals surface area contributed by atoms with Gasteiger partial charge in [-0.05, 0) is 12.1 Å².